The Morgan fingerprint density at radius 3 is 3.04 bits per heavy atom. The highest BCUT2D eigenvalue weighted by Gasteiger charge is 2.38. The second kappa shape index (κ2) is 6.84. The van der Waals surface area contributed by atoms with Crippen LogP contribution in [0.4, 0.5) is 4.79 Å². The van der Waals surface area contributed by atoms with E-state index in [2.05, 4.69) is 15.5 Å². The van der Waals surface area contributed by atoms with E-state index < -0.39 is 0 Å². The number of amides is 2. The van der Waals surface area contributed by atoms with Crippen molar-refractivity contribution in [3.05, 3.63) is 12.2 Å². The first-order chi connectivity index (χ1) is 11.2. The molecule has 1 saturated carbocycles. The second-order valence-electron chi connectivity index (χ2n) is 6.18. The summed E-state index contributed by atoms with van der Waals surface area (Å²) in [5, 5.41) is 11.1. The maximum atomic E-state index is 12.4. The lowest BCUT2D eigenvalue weighted by Gasteiger charge is -2.41. The van der Waals surface area contributed by atoms with Crippen molar-refractivity contribution < 1.29 is 14.3 Å². The fourth-order valence-corrected chi connectivity index (χ4v) is 3.12. The van der Waals surface area contributed by atoms with Crippen LogP contribution in [0.15, 0.2) is 6.33 Å². The average molecular weight is 323 g/mol. The molecule has 8 heteroatoms. The topological polar surface area (TPSA) is 81.5 Å². The minimum atomic E-state index is -0.225. The molecule has 2 amide bonds. The molecule has 0 spiro atoms. The molecule has 0 radical (unpaired) electrons. The number of nitrogens with zero attached hydrogens (tertiary/aromatic N) is 4. The summed E-state index contributed by atoms with van der Waals surface area (Å²) in [5.74, 6) is 0.775. The smallest absolute Gasteiger partial charge is 0.317 e. The molecular weight excluding hydrogens is 298 g/mol. The maximum absolute atomic E-state index is 12.4. The molecule has 0 bridgehead atoms. The van der Waals surface area contributed by atoms with E-state index in [-0.39, 0.29) is 17.7 Å². The number of hydrogen-bond acceptors (Lipinski definition) is 5. The molecule has 23 heavy (non-hydrogen) atoms. The molecule has 0 aromatic carbocycles. The molecule has 3 rings (SSSR count). The van der Waals surface area contributed by atoms with Gasteiger partial charge in [0.2, 0.25) is 0 Å². The van der Waals surface area contributed by atoms with Gasteiger partial charge in [0.15, 0.2) is 5.82 Å². The fraction of sp³-hybridized carbons (Fsp3) is 0.800. The summed E-state index contributed by atoms with van der Waals surface area (Å²) < 4.78 is 13.3. The van der Waals surface area contributed by atoms with E-state index >= 15 is 0 Å². The number of carbonyl (C=O) groups excluding carboxylic acids is 1. The molecule has 1 aromatic rings. The molecule has 2 heterocycles. The average Bonchev–Trinajstić information content (AvgIpc) is 3.03. The number of urea groups is 1. The van der Waals surface area contributed by atoms with Crippen LogP contribution in [0.3, 0.4) is 0 Å². The maximum Gasteiger partial charge on any atom is 0.317 e. The molecule has 2 fully saturated rings. The highest BCUT2D eigenvalue weighted by atomic mass is 16.5. The number of ether oxygens (including phenoxy) is 2. The van der Waals surface area contributed by atoms with Crippen LogP contribution in [0.25, 0.3) is 0 Å². The molecule has 128 valence electrons. The van der Waals surface area contributed by atoms with Gasteiger partial charge in [0.25, 0.3) is 0 Å². The Morgan fingerprint density at radius 1 is 1.57 bits per heavy atom. The van der Waals surface area contributed by atoms with Gasteiger partial charge >= 0.3 is 6.03 Å². The van der Waals surface area contributed by atoms with Crippen molar-refractivity contribution in [1.29, 1.82) is 0 Å². The van der Waals surface area contributed by atoms with Crippen LogP contribution in [0.2, 0.25) is 0 Å². The van der Waals surface area contributed by atoms with E-state index in [1.54, 1.807) is 18.3 Å². The molecule has 1 aliphatic heterocycles. The Balaban J connectivity index is 1.56. The zero-order valence-corrected chi connectivity index (χ0v) is 13.8. The number of hydrogen-bond donors (Lipinski definition) is 1. The third-order valence-electron chi connectivity index (χ3n) is 4.89. The van der Waals surface area contributed by atoms with Crippen LogP contribution >= 0.6 is 0 Å². The quantitative estimate of drug-likeness (QED) is 0.872. The summed E-state index contributed by atoms with van der Waals surface area (Å²) in [6.07, 6.45) is 4.65. The standard InChI is InChI=1S/C15H25N5O3/c1-3-19-11-17-18-13(19)12-9-20(7-8-23-12)14(21)16-10-15(22-2)5-4-6-15/h11-12H,3-10H2,1-2H3,(H,16,21)/t12-/m1/s1. The lowest BCUT2D eigenvalue weighted by atomic mass is 9.80. The van der Waals surface area contributed by atoms with E-state index in [4.69, 9.17) is 9.47 Å². The first-order valence-corrected chi connectivity index (χ1v) is 8.25. The highest BCUT2D eigenvalue weighted by Crippen LogP contribution is 2.34. The van der Waals surface area contributed by atoms with E-state index in [9.17, 15) is 4.79 Å². The van der Waals surface area contributed by atoms with Crippen molar-refractivity contribution in [1.82, 2.24) is 25.0 Å². The van der Waals surface area contributed by atoms with Crippen molar-refractivity contribution in [2.24, 2.45) is 0 Å². The third kappa shape index (κ3) is 3.32. The van der Waals surface area contributed by atoms with Crippen molar-refractivity contribution >= 4 is 6.03 Å². The predicted octanol–water partition coefficient (Wildman–Crippen LogP) is 0.950. The zero-order valence-electron chi connectivity index (χ0n) is 13.8. The first-order valence-electron chi connectivity index (χ1n) is 8.25. The Morgan fingerprint density at radius 2 is 2.39 bits per heavy atom. The number of aromatic nitrogens is 3. The Kier molecular flexibility index (Phi) is 4.82. The van der Waals surface area contributed by atoms with Gasteiger partial charge < -0.3 is 24.3 Å². The SMILES string of the molecule is CCn1cnnc1[C@H]1CN(C(=O)NCC2(OC)CCC2)CCO1. The highest BCUT2D eigenvalue weighted by molar-refractivity contribution is 5.74. The van der Waals surface area contributed by atoms with E-state index in [0.717, 1.165) is 31.6 Å². The molecule has 1 saturated heterocycles. The monoisotopic (exact) mass is 323 g/mol. The molecule has 1 aromatic heterocycles. The summed E-state index contributed by atoms with van der Waals surface area (Å²) in [6.45, 7) is 4.96. The van der Waals surface area contributed by atoms with Crippen LogP contribution in [0, 0.1) is 0 Å². The summed E-state index contributed by atoms with van der Waals surface area (Å²) in [6, 6.07) is -0.0656. The van der Waals surface area contributed by atoms with Crippen molar-refractivity contribution in [2.75, 3.05) is 33.4 Å². The van der Waals surface area contributed by atoms with Crippen LogP contribution in [-0.2, 0) is 16.0 Å². The van der Waals surface area contributed by atoms with Gasteiger partial charge in [-0.25, -0.2) is 4.79 Å². The van der Waals surface area contributed by atoms with Crippen molar-refractivity contribution in [2.45, 2.75) is 44.4 Å². The van der Waals surface area contributed by atoms with Crippen LogP contribution < -0.4 is 5.32 Å². The number of aryl methyl sites for hydroxylation is 1. The van der Waals surface area contributed by atoms with Gasteiger partial charge in [-0.05, 0) is 26.2 Å². The van der Waals surface area contributed by atoms with Gasteiger partial charge in [-0.15, -0.1) is 10.2 Å². The fourth-order valence-electron chi connectivity index (χ4n) is 3.12. The van der Waals surface area contributed by atoms with Gasteiger partial charge in [0.05, 0.1) is 18.8 Å². The van der Waals surface area contributed by atoms with Gasteiger partial charge in [-0.1, -0.05) is 0 Å². The van der Waals surface area contributed by atoms with E-state index in [1.807, 2.05) is 11.5 Å². The van der Waals surface area contributed by atoms with Gasteiger partial charge in [-0.2, -0.15) is 0 Å². The normalized spacial score (nSPS) is 23.4. The second-order valence-corrected chi connectivity index (χ2v) is 6.18. The van der Waals surface area contributed by atoms with E-state index in [1.165, 1.54) is 0 Å². The molecule has 0 unspecified atom stereocenters. The van der Waals surface area contributed by atoms with Crippen molar-refractivity contribution in [3.63, 3.8) is 0 Å². The largest absolute Gasteiger partial charge is 0.376 e. The van der Waals surface area contributed by atoms with Gasteiger partial charge in [0, 0.05) is 26.7 Å². The Hall–Kier alpha value is -1.67. The minimum Gasteiger partial charge on any atom is -0.376 e. The number of rotatable bonds is 5. The Labute approximate surface area is 136 Å². The van der Waals surface area contributed by atoms with Crippen LogP contribution in [0.1, 0.15) is 38.1 Å². The summed E-state index contributed by atoms with van der Waals surface area (Å²) in [7, 11) is 1.72. The number of morpholine rings is 1. The van der Waals surface area contributed by atoms with Gasteiger partial charge in [0.1, 0.15) is 12.4 Å². The molecule has 8 nitrogen and oxygen atoms in total. The van der Waals surface area contributed by atoms with Crippen molar-refractivity contribution in [3.8, 4) is 0 Å². The third-order valence-corrected chi connectivity index (χ3v) is 4.89. The first kappa shape index (κ1) is 16.2. The summed E-state index contributed by atoms with van der Waals surface area (Å²) >= 11 is 0. The summed E-state index contributed by atoms with van der Waals surface area (Å²) in [4.78, 5) is 14.2. The molecule has 1 aliphatic carbocycles. The molecule has 2 aliphatic rings. The minimum absolute atomic E-state index is 0.0656. The van der Waals surface area contributed by atoms with Gasteiger partial charge in [-0.3, -0.25) is 0 Å². The predicted molar refractivity (Wildman–Crippen MR) is 83.0 cm³/mol. The lowest BCUT2D eigenvalue weighted by molar-refractivity contribution is -0.0690. The number of nitrogens with one attached hydrogen (secondary N) is 1. The zero-order chi connectivity index (χ0) is 16.3. The molecular formula is C15H25N5O3. The Bertz CT molecular complexity index is 537. The molecule has 1 atom stereocenters. The van der Waals surface area contributed by atoms with Crippen LogP contribution in [-0.4, -0.2) is 64.6 Å². The van der Waals surface area contributed by atoms with Crippen LogP contribution in [0.5, 0.6) is 0 Å². The number of carbonyl (C=O) groups is 1. The molecule has 1 N–H and O–H groups in total. The summed E-state index contributed by atoms with van der Waals surface area (Å²) in [5.41, 5.74) is -0.163. The number of methoxy groups -OCH3 is 1. The van der Waals surface area contributed by atoms with E-state index in [0.29, 0.717) is 26.2 Å². The lowest BCUT2D eigenvalue weighted by Crippen LogP contribution is -2.54.